The number of rotatable bonds is 4. The molecule has 0 atom stereocenters. The van der Waals surface area contributed by atoms with Crippen LogP contribution in [0, 0.1) is 6.92 Å². The molecule has 1 fully saturated rings. The number of carbonyl (C=O) groups excluding carboxylic acids is 1. The van der Waals surface area contributed by atoms with Crippen LogP contribution in [-0.2, 0) is 0 Å². The van der Waals surface area contributed by atoms with Crippen LogP contribution in [0.2, 0.25) is 0 Å². The molecule has 1 aromatic heterocycles. The smallest absolute Gasteiger partial charge is 0.319 e. The van der Waals surface area contributed by atoms with Crippen LogP contribution in [0.3, 0.4) is 0 Å². The lowest BCUT2D eigenvalue weighted by Crippen LogP contribution is -2.53. The number of carbonyl (C=O) groups is 1. The Balaban J connectivity index is 2.00. The maximum absolute atomic E-state index is 13.0. The van der Waals surface area contributed by atoms with Crippen molar-refractivity contribution in [2.45, 2.75) is 19.3 Å². The molecule has 0 spiro atoms. The molecule has 5 nitrogen and oxygen atoms in total. The van der Waals surface area contributed by atoms with Gasteiger partial charge in [-0.25, -0.2) is 8.78 Å². The summed E-state index contributed by atoms with van der Waals surface area (Å²) in [6, 6.07) is 1.59. The molecule has 1 aliphatic heterocycles. The Bertz CT molecular complexity index is 625. The normalized spacial score (nSPS) is 16.9. The largest absolute Gasteiger partial charge is 0.336 e. The predicted molar refractivity (Wildman–Crippen MR) is 75.1 cm³/mol. The van der Waals surface area contributed by atoms with E-state index in [9.17, 15) is 27.2 Å². The standard InChI is InChI=1S/C14H17F4N3O2/c1-9-2-3-19-11(22)10(9)12(23)21-6-4-20(5-7-21)8-14(17,18)13(15)16/h2-3,13H,4-8H2,1H3,(H,19,22). The first-order valence-corrected chi connectivity index (χ1v) is 7.08. The van der Waals surface area contributed by atoms with E-state index < -0.39 is 30.4 Å². The summed E-state index contributed by atoms with van der Waals surface area (Å²) in [4.78, 5) is 29.1. The minimum Gasteiger partial charge on any atom is -0.336 e. The minimum absolute atomic E-state index is 0.0128. The quantitative estimate of drug-likeness (QED) is 0.845. The van der Waals surface area contributed by atoms with E-state index >= 15 is 0 Å². The van der Waals surface area contributed by atoms with Crippen LogP contribution in [0.4, 0.5) is 17.6 Å². The summed E-state index contributed by atoms with van der Waals surface area (Å²) in [5.41, 5.74) is 0.0194. The maximum atomic E-state index is 13.0. The van der Waals surface area contributed by atoms with Gasteiger partial charge in [0.25, 0.3) is 11.5 Å². The molecule has 1 aromatic rings. The number of amides is 1. The van der Waals surface area contributed by atoms with Crippen molar-refractivity contribution in [1.29, 1.82) is 0 Å². The van der Waals surface area contributed by atoms with Crippen molar-refractivity contribution in [2.24, 2.45) is 0 Å². The lowest BCUT2D eigenvalue weighted by molar-refractivity contribution is -0.144. The molecule has 0 aliphatic carbocycles. The lowest BCUT2D eigenvalue weighted by Gasteiger charge is -2.36. The van der Waals surface area contributed by atoms with Crippen LogP contribution < -0.4 is 5.56 Å². The zero-order chi connectivity index (χ0) is 17.2. The Morgan fingerprint density at radius 1 is 1.30 bits per heavy atom. The number of aromatic amines is 1. The number of H-pyrrole nitrogens is 1. The molecule has 1 N–H and O–H groups in total. The minimum atomic E-state index is -4.07. The van der Waals surface area contributed by atoms with Crippen molar-refractivity contribution in [3.05, 3.63) is 33.7 Å². The average Bonchev–Trinajstić information content (AvgIpc) is 2.47. The number of aromatic nitrogens is 1. The van der Waals surface area contributed by atoms with E-state index in [1.54, 1.807) is 13.0 Å². The van der Waals surface area contributed by atoms with Crippen LogP contribution >= 0.6 is 0 Å². The van der Waals surface area contributed by atoms with Gasteiger partial charge < -0.3 is 9.88 Å². The number of hydrogen-bond donors (Lipinski definition) is 1. The van der Waals surface area contributed by atoms with Gasteiger partial charge in [-0.1, -0.05) is 0 Å². The van der Waals surface area contributed by atoms with E-state index in [1.807, 2.05) is 0 Å². The second-order valence-electron chi connectivity index (χ2n) is 5.49. The van der Waals surface area contributed by atoms with Crippen LogP contribution in [-0.4, -0.2) is 65.8 Å². The highest BCUT2D eigenvalue weighted by molar-refractivity contribution is 5.95. The average molecular weight is 335 g/mol. The third-order valence-corrected chi connectivity index (χ3v) is 3.80. The Morgan fingerprint density at radius 3 is 2.43 bits per heavy atom. The highest BCUT2D eigenvalue weighted by atomic mass is 19.3. The first kappa shape index (κ1) is 17.5. The zero-order valence-electron chi connectivity index (χ0n) is 12.5. The summed E-state index contributed by atoms with van der Waals surface area (Å²) in [6.07, 6.45) is -2.29. The van der Waals surface area contributed by atoms with Crippen molar-refractivity contribution in [1.82, 2.24) is 14.8 Å². The number of aryl methyl sites for hydroxylation is 1. The van der Waals surface area contributed by atoms with Crippen molar-refractivity contribution in [3.8, 4) is 0 Å². The molecule has 1 saturated heterocycles. The van der Waals surface area contributed by atoms with Crippen LogP contribution in [0.1, 0.15) is 15.9 Å². The van der Waals surface area contributed by atoms with Gasteiger partial charge in [0.2, 0.25) is 0 Å². The van der Waals surface area contributed by atoms with Gasteiger partial charge in [0.15, 0.2) is 0 Å². The van der Waals surface area contributed by atoms with Gasteiger partial charge in [0.1, 0.15) is 5.56 Å². The summed E-state index contributed by atoms with van der Waals surface area (Å²) in [7, 11) is 0. The molecule has 1 aliphatic rings. The van der Waals surface area contributed by atoms with E-state index in [0.29, 0.717) is 5.56 Å². The first-order chi connectivity index (χ1) is 10.7. The highest BCUT2D eigenvalue weighted by Crippen LogP contribution is 2.24. The molecule has 0 bridgehead atoms. The molecule has 128 valence electrons. The Morgan fingerprint density at radius 2 is 1.91 bits per heavy atom. The summed E-state index contributed by atoms with van der Waals surface area (Å²) in [5.74, 6) is -4.55. The topological polar surface area (TPSA) is 56.4 Å². The number of nitrogens with one attached hydrogen (secondary N) is 1. The highest BCUT2D eigenvalue weighted by Gasteiger charge is 2.42. The van der Waals surface area contributed by atoms with E-state index in [-0.39, 0.29) is 31.7 Å². The van der Waals surface area contributed by atoms with Crippen molar-refractivity contribution < 1.29 is 22.4 Å². The van der Waals surface area contributed by atoms with Crippen molar-refractivity contribution >= 4 is 5.91 Å². The number of pyridine rings is 1. The van der Waals surface area contributed by atoms with E-state index in [4.69, 9.17) is 0 Å². The van der Waals surface area contributed by atoms with Gasteiger partial charge in [-0.2, -0.15) is 8.78 Å². The number of hydrogen-bond acceptors (Lipinski definition) is 3. The summed E-state index contributed by atoms with van der Waals surface area (Å²) in [5, 5.41) is 0. The van der Waals surface area contributed by atoms with Gasteiger partial charge in [-0.05, 0) is 18.6 Å². The first-order valence-electron chi connectivity index (χ1n) is 7.08. The van der Waals surface area contributed by atoms with E-state index in [0.717, 1.165) is 0 Å². The summed E-state index contributed by atoms with van der Waals surface area (Å²) >= 11 is 0. The van der Waals surface area contributed by atoms with Gasteiger partial charge in [-0.15, -0.1) is 0 Å². The van der Waals surface area contributed by atoms with Gasteiger partial charge >= 0.3 is 12.3 Å². The van der Waals surface area contributed by atoms with Crippen LogP contribution in [0.25, 0.3) is 0 Å². The Kier molecular flexibility index (Phi) is 5.08. The van der Waals surface area contributed by atoms with E-state index in [1.165, 1.54) is 16.0 Å². The third kappa shape index (κ3) is 3.90. The Labute approximate surface area is 129 Å². The van der Waals surface area contributed by atoms with Crippen LogP contribution in [0.5, 0.6) is 0 Å². The molecule has 0 unspecified atom stereocenters. The zero-order valence-corrected chi connectivity index (χ0v) is 12.5. The van der Waals surface area contributed by atoms with Crippen molar-refractivity contribution in [3.63, 3.8) is 0 Å². The molecule has 0 radical (unpaired) electrons. The molecule has 0 aromatic carbocycles. The molecule has 2 rings (SSSR count). The molecule has 0 saturated carbocycles. The fourth-order valence-corrected chi connectivity index (χ4v) is 2.48. The van der Waals surface area contributed by atoms with E-state index in [2.05, 4.69) is 4.98 Å². The van der Waals surface area contributed by atoms with Gasteiger partial charge in [0, 0.05) is 32.4 Å². The molecule has 9 heteroatoms. The number of nitrogens with zero attached hydrogens (tertiary/aromatic N) is 2. The molecule has 2 heterocycles. The monoisotopic (exact) mass is 335 g/mol. The molecular formula is C14H17F4N3O2. The summed E-state index contributed by atoms with van der Waals surface area (Å²) in [6.45, 7) is 0.896. The predicted octanol–water partition coefficient (Wildman–Crippen LogP) is 1.34. The van der Waals surface area contributed by atoms with Crippen molar-refractivity contribution in [2.75, 3.05) is 32.7 Å². The molecular weight excluding hydrogens is 318 g/mol. The summed E-state index contributed by atoms with van der Waals surface area (Å²) < 4.78 is 50.5. The fraction of sp³-hybridized carbons (Fsp3) is 0.571. The van der Waals surface area contributed by atoms with Gasteiger partial charge in [-0.3, -0.25) is 14.5 Å². The number of halogens is 4. The lowest BCUT2D eigenvalue weighted by atomic mass is 10.1. The second-order valence-corrected chi connectivity index (χ2v) is 5.49. The number of piperazine rings is 1. The fourth-order valence-electron chi connectivity index (χ4n) is 2.48. The number of alkyl halides is 4. The van der Waals surface area contributed by atoms with Crippen LogP contribution in [0.15, 0.2) is 17.1 Å². The Hall–Kier alpha value is -1.90. The van der Waals surface area contributed by atoms with Gasteiger partial charge in [0.05, 0.1) is 6.54 Å². The third-order valence-electron chi connectivity index (χ3n) is 3.80. The molecule has 1 amide bonds. The second kappa shape index (κ2) is 6.69. The maximum Gasteiger partial charge on any atom is 0.319 e. The molecule has 23 heavy (non-hydrogen) atoms. The SMILES string of the molecule is Cc1cc[nH]c(=O)c1C(=O)N1CCN(CC(F)(F)C(F)F)CC1.